The van der Waals surface area contributed by atoms with Crippen LogP contribution in [0.2, 0.25) is 5.02 Å². The maximum atomic E-state index is 12.8. The maximum absolute atomic E-state index is 12.8. The first-order valence-corrected chi connectivity index (χ1v) is 10.1. The molecule has 144 valence electrons. The summed E-state index contributed by atoms with van der Waals surface area (Å²) in [5.74, 6) is 1.34. The highest BCUT2D eigenvalue weighted by Gasteiger charge is 2.30. The summed E-state index contributed by atoms with van der Waals surface area (Å²) in [6, 6.07) is 14.9. The first-order valence-electron chi connectivity index (χ1n) is 8.95. The van der Waals surface area contributed by atoms with E-state index in [1.54, 1.807) is 11.8 Å². The molecule has 1 aromatic heterocycles. The standard InChI is InChI=1S/C21H18BrClN2O3/c1-13(27-17-8-4-15(22)5-9-17)21(26)25-11-10-18-19(12-25)24-28-20(18)14-2-6-16(23)7-3-14/h2-9,13H,10-12H2,1H3. The van der Waals surface area contributed by atoms with Gasteiger partial charge in [0, 0.05) is 27.2 Å². The Hall–Kier alpha value is -2.31. The van der Waals surface area contributed by atoms with Gasteiger partial charge in [0.05, 0.1) is 6.54 Å². The number of nitrogens with zero attached hydrogens (tertiary/aromatic N) is 2. The Bertz CT molecular complexity index is 986. The summed E-state index contributed by atoms with van der Waals surface area (Å²) in [6.45, 7) is 2.78. The first-order chi connectivity index (χ1) is 13.5. The van der Waals surface area contributed by atoms with E-state index < -0.39 is 6.10 Å². The lowest BCUT2D eigenvalue weighted by Gasteiger charge is -2.28. The van der Waals surface area contributed by atoms with Crippen LogP contribution in [0.3, 0.4) is 0 Å². The van der Waals surface area contributed by atoms with Crippen LogP contribution in [0, 0.1) is 0 Å². The van der Waals surface area contributed by atoms with Crippen molar-refractivity contribution in [1.29, 1.82) is 0 Å². The van der Waals surface area contributed by atoms with Crippen molar-refractivity contribution >= 4 is 33.4 Å². The number of ether oxygens (including phenoxy) is 1. The van der Waals surface area contributed by atoms with Gasteiger partial charge < -0.3 is 14.2 Å². The summed E-state index contributed by atoms with van der Waals surface area (Å²) in [6.07, 6.45) is 0.110. The van der Waals surface area contributed by atoms with Gasteiger partial charge in [-0.3, -0.25) is 4.79 Å². The van der Waals surface area contributed by atoms with Crippen molar-refractivity contribution in [3.63, 3.8) is 0 Å². The molecule has 0 radical (unpaired) electrons. The summed E-state index contributed by atoms with van der Waals surface area (Å²) in [5.41, 5.74) is 2.78. The molecule has 7 heteroatoms. The molecule has 0 saturated heterocycles. The quantitative estimate of drug-likeness (QED) is 0.542. The molecular weight excluding hydrogens is 444 g/mol. The third-order valence-electron chi connectivity index (χ3n) is 4.73. The number of amides is 1. The van der Waals surface area contributed by atoms with E-state index in [2.05, 4.69) is 21.1 Å². The van der Waals surface area contributed by atoms with Crippen molar-refractivity contribution < 1.29 is 14.1 Å². The molecule has 1 aliphatic heterocycles. The molecule has 28 heavy (non-hydrogen) atoms. The SMILES string of the molecule is CC(Oc1ccc(Br)cc1)C(=O)N1CCc2c(noc2-c2ccc(Cl)cc2)C1. The average Bonchev–Trinajstić information content (AvgIpc) is 3.13. The van der Waals surface area contributed by atoms with Crippen molar-refractivity contribution in [3.8, 4) is 17.1 Å². The molecule has 1 atom stereocenters. The van der Waals surface area contributed by atoms with E-state index in [4.69, 9.17) is 20.9 Å². The lowest BCUT2D eigenvalue weighted by Crippen LogP contribution is -2.43. The van der Waals surface area contributed by atoms with Gasteiger partial charge >= 0.3 is 0 Å². The van der Waals surface area contributed by atoms with E-state index >= 15 is 0 Å². The van der Waals surface area contributed by atoms with Crippen molar-refractivity contribution in [2.75, 3.05) is 6.54 Å². The highest BCUT2D eigenvalue weighted by atomic mass is 79.9. The van der Waals surface area contributed by atoms with E-state index in [1.165, 1.54) is 0 Å². The molecule has 0 fully saturated rings. The summed E-state index contributed by atoms with van der Waals surface area (Å²) < 4.78 is 12.3. The van der Waals surface area contributed by atoms with E-state index in [0.29, 0.717) is 30.3 Å². The fourth-order valence-electron chi connectivity index (χ4n) is 3.27. The van der Waals surface area contributed by atoms with Gasteiger partial charge in [0.25, 0.3) is 5.91 Å². The van der Waals surface area contributed by atoms with Gasteiger partial charge in [0.1, 0.15) is 11.4 Å². The van der Waals surface area contributed by atoms with Crippen LogP contribution < -0.4 is 4.74 Å². The third kappa shape index (κ3) is 3.93. The second-order valence-corrected chi connectivity index (χ2v) is 8.02. The van der Waals surface area contributed by atoms with Crippen LogP contribution in [0.5, 0.6) is 5.75 Å². The molecule has 1 amide bonds. The summed E-state index contributed by atoms with van der Waals surface area (Å²) in [4.78, 5) is 14.6. The van der Waals surface area contributed by atoms with Gasteiger partial charge in [-0.2, -0.15) is 0 Å². The second-order valence-electron chi connectivity index (χ2n) is 6.67. The molecule has 1 unspecified atom stereocenters. The first kappa shape index (κ1) is 19.0. The Morgan fingerprint density at radius 2 is 1.93 bits per heavy atom. The number of aromatic nitrogens is 1. The van der Waals surface area contributed by atoms with Crippen LogP contribution in [0.15, 0.2) is 57.5 Å². The number of hydrogen-bond donors (Lipinski definition) is 0. The minimum absolute atomic E-state index is 0.0652. The number of fused-ring (bicyclic) bond motifs is 1. The van der Waals surface area contributed by atoms with E-state index in [1.807, 2.05) is 48.5 Å². The lowest BCUT2D eigenvalue weighted by molar-refractivity contribution is -0.139. The topological polar surface area (TPSA) is 55.6 Å². The minimum atomic E-state index is -0.578. The maximum Gasteiger partial charge on any atom is 0.263 e. The van der Waals surface area contributed by atoms with Crippen LogP contribution in [0.25, 0.3) is 11.3 Å². The fraction of sp³-hybridized carbons (Fsp3) is 0.238. The lowest BCUT2D eigenvalue weighted by atomic mass is 10.0. The van der Waals surface area contributed by atoms with Gasteiger partial charge in [0.2, 0.25) is 0 Å². The van der Waals surface area contributed by atoms with E-state index in [9.17, 15) is 4.79 Å². The summed E-state index contributed by atoms with van der Waals surface area (Å²) >= 11 is 9.35. The molecule has 0 bridgehead atoms. The zero-order valence-corrected chi connectivity index (χ0v) is 17.5. The molecule has 2 heterocycles. The Morgan fingerprint density at radius 1 is 1.21 bits per heavy atom. The molecule has 0 saturated carbocycles. The fourth-order valence-corrected chi connectivity index (χ4v) is 3.66. The molecule has 5 nitrogen and oxygen atoms in total. The van der Waals surface area contributed by atoms with Gasteiger partial charge in [-0.25, -0.2) is 0 Å². The normalized spacial score (nSPS) is 14.5. The van der Waals surface area contributed by atoms with E-state index in [-0.39, 0.29) is 5.91 Å². The second kappa shape index (κ2) is 7.97. The average molecular weight is 462 g/mol. The Kier molecular flexibility index (Phi) is 5.42. The molecule has 0 aliphatic carbocycles. The smallest absolute Gasteiger partial charge is 0.263 e. The molecule has 0 spiro atoms. The highest BCUT2D eigenvalue weighted by Crippen LogP contribution is 2.31. The molecular formula is C21H18BrClN2O3. The Morgan fingerprint density at radius 3 is 2.64 bits per heavy atom. The largest absolute Gasteiger partial charge is 0.481 e. The number of hydrogen-bond acceptors (Lipinski definition) is 4. The number of carbonyl (C=O) groups excluding carboxylic acids is 1. The van der Waals surface area contributed by atoms with Gasteiger partial charge in [-0.15, -0.1) is 0 Å². The number of rotatable bonds is 4. The van der Waals surface area contributed by atoms with Crippen LogP contribution >= 0.6 is 27.5 Å². The van der Waals surface area contributed by atoms with Crippen molar-refractivity contribution in [1.82, 2.24) is 10.1 Å². The zero-order chi connectivity index (χ0) is 19.7. The Labute approximate surface area is 176 Å². The predicted octanol–water partition coefficient (Wildman–Crippen LogP) is 5.11. The molecule has 3 aromatic rings. The molecule has 2 aromatic carbocycles. The van der Waals surface area contributed by atoms with Gasteiger partial charge in [-0.1, -0.05) is 32.7 Å². The monoisotopic (exact) mass is 460 g/mol. The molecule has 4 rings (SSSR count). The van der Waals surface area contributed by atoms with Crippen LogP contribution in [-0.4, -0.2) is 28.6 Å². The van der Waals surface area contributed by atoms with Crippen LogP contribution in [0.1, 0.15) is 18.2 Å². The predicted molar refractivity (Wildman–Crippen MR) is 110 cm³/mol. The molecule has 1 aliphatic rings. The van der Waals surface area contributed by atoms with Crippen molar-refractivity contribution in [2.45, 2.75) is 26.0 Å². The molecule has 0 N–H and O–H groups in total. The number of carbonyl (C=O) groups is 1. The summed E-state index contributed by atoms with van der Waals surface area (Å²) in [7, 11) is 0. The number of halogens is 2. The highest BCUT2D eigenvalue weighted by molar-refractivity contribution is 9.10. The van der Waals surface area contributed by atoms with Gasteiger partial charge in [-0.05, 0) is 61.9 Å². The van der Waals surface area contributed by atoms with Crippen LogP contribution in [0.4, 0.5) is 0 Å². The zero-order valence-electron chi connectivity index (χ0n) is 15.2. The summed E-state index contributed by atoms with van der Waals surface area (Å²) in [5, 5.41) is 4.87. The number of benzene rings is 2. The van der Waals surface area contributed by atoms with Crippen molar-refractivity contribution in [3.05, 3.63) is 69.3 Å². The van der Waals surface area contributed by atoms with E-state index in [0.717, 1.165) is 27.1 Å². The van der Waals surface area contributed by atoms with Crippen LogP contribution in [-0.2, 0) is 17.8 Å². The minimum Gasteiger partial charge on any atom is -0.481 e. The van der Waals surface area contributed by atoms with Gasteiger partial charge in [0.15, 0.2) is 11.9 Å². The Balaban J connectivity index is 1.45. The third-order valence-corrected chi connectivity index (χ3v) is 5.51. The van der Waals surface area contributed by atoms with Crippen molar-refractivity contribution in [2.24, 2.45) is 0 Å².